The molecule has 5 aliphatic heterocycles. The number of carbonyl (C=O) groups is 11. The first-order chi connectivity index (χ1) is 67.0. The van der Waals surface area contributed by atoms with Crippen molar-refractivity contribution in [2.75, 3.05) is 62.2 Å². The number of fused-ring (bicyclic) bond motifs is 25. The Balaban J connectivity index is 0.000000106. The Labute approximate surface area is 821 Å². The van der Waals surface area contributed by atoms with E-state index in [2.05, 4.69) is 48.5 Å². The lowest BCUT2D eigenvalue weighted by atomic mass is 9.85. The molecule has 0 radical (unpaired) electrons. The van der Waals surface area contributed by atoms with Gasteiger partial charge in [-0.1, -0.05) is 60.8 Å². The number of nitrogens with zero attached hydrogens (tertiary/aromatic N) is 11. The first-order valence-corrected chi connectivity index (χ1v) is 55.9. The van der Waals surface area contributed by atoms with E-state index in [1.807, 2.05) is 60.8 Å². The second-order valence-corrected chi connectivity index (χ2v) is 48.7. The summed E-state index contributed by atoms with van der Waals surface area (Å²) < 4.78 is 136. The third kappa shape index (κ3) is 17.2. The number of anilines is 10. The second kappa shape index (κ2) is 36.8. The number of aromatic nitrogens is 5. The highest BCUT2D eigenvalue weighted by Crippen LogP contribution is 2.59. The van der Waals surface area contributed by atoms with Crippen molar-refractivity contribution in [1.82, 2.24) is 29.8 Å². The standard InChI is InChI=1S/5C18H15N3O4S2.C3H7NO/c5*22-16-14-10-1-2-11(9-10)15(14)17(23)21(16)12-3-5-13(6-4-12)27(24,25)20-18-19-7-8-26-18;1-4(2)3-5/h5*1-8,10-11,14-15H,9H2,(H,19,20);3H,1-2H3. The molecule has 10 fully saturated rings. The Morgan fingerprint density at radius 2 is 0.379 bits per heavy atom. The summed E-state index contributed by atoms with van der Waals surface area (Å²) in [6.45, 7) is 0. The predicted octanol–water partition coefficient (Wildman–Crippen LogP) is 11.0. The third-order valence-corrected chi connectivity index (χ3v) is 38.7. The summed E-state index contributed by atoms with van der Waals surface area (Å²) in [6, 6.07) is 29.0. The Morgan fingerprint density at radius 3 is 0.486 bits per heavy atom. The number of sulfonamides is 5. The zero-order chi connectivity index (χ0) is 98.1. The van der Waals surface area contributed by atoms with Crippen LogP contribution in [0.25, 0.3) is 0 Å². The van der Waals surface area contributed by atoms with Crippen LogP contribution in [0.5, 0.6) is 0 Å². The van der Waals surface area contributed by atoms with Gasteiger partial charge in [-0.3, -0.25) is 101 Å². The number of benzene rings is 5. The number of amides is 11. The van der Waals surface area contributed by atoms with Crippen molar-refractivity contribution >= 4 is 226 Å². The molecular weight excluding hydrogens is 2000 g/mol. The van der Waals surface area contributed by atoms with Gasteiger partial charge in [0.1, 0.15) is 0 Å². The molecule has 5 saturated carbocycles. The van der Waals surface area contributed by atoms with E-state index in [1.54, 1.807) is 41.0 Å². The van der Waals surface area contributed by atoms with Crippen molar-refractivity contribution in [3.63, 3.8) is 0 Å². The van der Waals surface area contributed by atoms with Crippen LogP contribution < -0.4 is 48.1 Å². The van der Waals surface area contributed by atoms with E-state index in [9.17, 15) is 94.8 Å². The van der Waals surface area contributed by atoms with Crippen molar-refractivity contribution in [3.05, 3.63) is 240 Å². The lowest BCUT2D eigenvalue weighted by molar-refractivity contribution is -0.124. The molecule has 15 aliphatic rings. The fourth-order valence-electron chi connectivity index (χ4n) is 21.9. The van der Waals surface area contributed by atoms with Crippen molar-refractivity contribution in [2.24, 2.45) is 118 Å². The molecule has 10 aliphatic carbocycles. The molecule has 10 aromatic rings. The van der Waals surface area contributed by atoms with Crippen LogP contribution in [0.3, 0.4) is 0 Å². The zero-order valence-corrected chi connectivity index (χ0v) is 81.5. The zero-order valence-electron chi connectivity index (χ0n) is 73.3. The van der Waals surface area contributed by atoms with Gasteiger partial charge in [-0.2, -0.15) is 0 Å². The normalized spacial score (nSPS) is 28.0. The maximum atomic E-state index is 12.8. The fourth-order valence-corrected chi connectivity index (χ4v) is 30.8. The highest BCUT2D eigenvalue weighted by molar-refractivity contribution is 7.94. The van der Waals surface area contributed by atoms with Gasteiger partial charge in [0, 0.05) is 72.0 Å². The van der Waals surface area contributed by atoms with Crippen molar-refractivity contribution in [2.45, 2.75) is 56.6 Å². The largest absolute Gasteiger partial charge is 0.351 e. The SMILES string of the molecule is CN(C)C=O.O=C1C2C3C=CC(C3)C2C(=O)N1c1ccc(S(=O)(=O)Nc2nccs2)cc1.O=C1C2C3C=CC(C3)C2C(=O)N1c1ccc(S(=O)(=O)Nc2nccs2)cc1.O=C1C2C3C=CC(C3)C2C(=O)N1c1ccc(S(=O)(=O)Nc2nccs2)cc1.O=C1C2C3C=CC(C3)C2C(=O)N1c1ccc(S(=O)(=O)Nc2nccs2)cc1.O=C1C2C3C=CC(C3)C2C(=O)N1c1ccc(S(=O)(=O)Nc2nccs2)cc1. The monoisotopic (exact) mass is 2080 g/mol. The third-order valence-electron chi connectivity index (χ3n) is 27.9. The summed E-state index contributed by atoms with van der Waals surface area (Å²) in [6.07, 6.45) is 33.1. The minimum Gasteiger partial charge on any atom is -0.351 e. The lowest BCUT2D eigenvalue weighted by Gasteiger charge is -2.17. The highest BCUT2D eigenvalue weighted by atomic mass is 32.2. The number of imide groups is 5. The summed E-state index contributed by atoms with van der Waals surface area (Å²) in [5.41, 5.74) is 2.05. The topological polar surface area (TPSA) is 503 Å². The Kier molecular flexibility index (Phi) is 24.8. The van der Waals surface area contributed by atoms with E-state index in [4.69, 9.17) is 0 Å². The first-order valence-electron chi connectivity index (χ1n) is 44.1. The molecule has 20 atom stereocenters. The molecule has 720 valence electrons. The second-order valence-electron chi connectivity index (χ2n) is 35.8. The quantitative estimate of drug-likeness (QED) is 0.0253. The van der Waals surface area contributed by atoms with E-state index in [1.165, 1.54) is 238 Å². The van der Waals surface area contributed by atoms with Crippen LogP contribution in [0.4, 0.5) is 54.1 Å². The van der Waals surface area contributed by atoms with Crippen molar-refractivity contribution in [1.29, 1.82) is 0 Å². The van der Waals surface area contributed by atoms with Gasteiger partial charge in [0.15, 0.2) is 25.7 Å². The van der Waals surface area contributed by atoms with Crippen LogP contribution in [-0.2, 0) is 103 Å². The van der Waals surface area contributed by atoms with Gasteiger partial charge in [-0.15, -0.1) is 56.7 Å². The van der Waals surface area contributed by atoms with Crippen molar-refractivity contribution < 1.29 is 94.8 Å². The Bertz CT molecular complexity index is 6290. The van der Waals surface area contributed by atoms with Gasteiger partial charge in [-0.25, -0.2) is 67.0 Å². The Hall–Kier alpha value is -13.1. The number of rotatable bonds is 21. The summed E-state index contributed by atoms with van der Waals surface area (Å²) in [5.74, 6) is -3.15. The molecule has 0 spiro atoms. The lowest BCUT2D eigenvalue weighted by Crippen LogP contribution is -2.32. The molecule has 140 heavy (non-hydrogen) atoms. The summed E-state index contributed by atoms with van der Waals surface area (Å²) in [4.78, 5) is 165. The van der Waals surface area contributed by atoms with Crippen LogP contribution in [0.15, 0.2) is 264 Å². The number of allylic oxidation sites excluding steroid dienone is 10. The summed E-state index contributed by atoms with van der Waals surface area (Å²) in [7, 11) is -15.5. The van der Waals surface area contributed by atoms with Gasteiger partial charge >= 0.3 is 0 Å². The summed E-state index contributed by atoms with van der Waals surface area (Å²) >= 11 is 5.90. The molecule has 5 N–H and O–H groups in total. The van der Waals surface area contributed by atoms with Crippen LogP contribution in [0.2, 0.25) is 0 Å². The number of carbonyl (C=O) groups excluding carboxylic acids is 11. The molecular formula is C93H82N16O21S10. The molecule has 20 unspecified atom stereocenters. The minimum atomic E-state index is -3.77. The number of nitrogens with one attached hydrogen (secondary N) is 5. The Morgan fingerprint density at radius 1 is 0.250 bits per heavy atom. The first kappa shape index (κ1) is 94.5. The van der Waals surface area contributed by atoms with Crippen LogP contribution in [-0.4, -0.2) is 151 Å². The van der Waals surface area contributed by atoms with Gasteiger partial charge in [0.25, 0.3) is 50.1 Å². The van der Waals surface area contributed by atoms with Crippen LogP contribution >= 0.6 is 56.7 Å². The van der Waals surface area contributed by atoms with E-state index >= 15 is 0 Å². The molecule has 10 heterocycles. The van der Waals surface area contributed by atoms with Crippen LogP contribution in [0.1, 0.15) is 32.1 Å². The number of hydrogen-bond donors (Lipinski definition) is 5. The average molecular weight is 2080 g/mol. The van der Waals surface area contributed by atoms with E-state index in [-0.39, 0.29) is 228 Å². The van der Waals surface area contributed by atoms with Gasteiger partial charge in [-0.05, 0) is 213 Å². The van der Waals surface area contributed by atoms with E-state index in [0.29, 0.717) is 28.4 Å². The molecule has 5 aromatic carbocycles. The molecule has 47 heteroatoms. The van der Waals surface area contributed by atoms with Crippen LogP contribution in [0, 0.1) is 118 Å². The van der Waals surface area contributed by atoms with Crippen molar-refractivity contribution in [3.8, 4) is 0 Å². The maximum absolute atomic E-state index is 12.8. The molecule has 37 nitrogen and oxygen atoms in total. The predicted molar refractivity (Wildman–Crippen MR) is 518 cm³/mol. The molecule has 11 amide bonds. The molecule has 5 saturated heterocycles. The molecule has 25 rings (SSSR count). The maximum Gasteiger partial charge on any atom is 0.263 e. The average Bonchev–Trinajstić information content (AvgIpc) is 1.58. The van der Waals surface area contributed by atoms with Gasteiger partial charge in [0.05, 0.1) is 112 Å². The summed E-state index contributed by atoms with van der Waals surface area (Å²) in [5, 5.41) is 9.74. The number of hydrogen-bond acceptors (Lipinski definition) is 31. The number of thiazole rings is 5. The van der Waals surface area contributed by atoms with Gasteiger partial charge < -0.3 is 4.90 Å². The highest BCUT2D eigenvalue weighted by Gasteiger charge is 2.65. The smallest absolute Gasteiger partial charge is 0.263 e. The molecule has 10 bridgehead atoms. The van der Waals surface area contributed by atoms with E-state index < -0.39 is 50.1 Å². The van der Waals surface area contributed by atoms with E-state index in [0.717, 1.165) is 38.5 Å². The minimum absolute atomic E-state index is 0.0440. The molecule has 5 aromatic heterocycles. The van der Waals surface area contributed by atoms with Gasteiger partial charge in [0.2, 0.25) is 65.5 Å². The fraction of sp³-hybridized carbons (Fsp3) is 0.290.